The minimum Gasteiger partial charge on any atom is -0.351 e. The second-order valence-corrected chi connectivity index (χ2v) is 5.01. The quantitative estimate of drug-likeness (QED) is 0.881. The number of likely N-dealkylation sites (tertiary alicyclic amines) is 1. The Kier molecular flexibility index (Phi) is 6.91. The molecule has 0 aliphatic carbocycles. The summed E-state index contributed by atoms with van der Waals surface area (Å²) >= 11 is 0. The molecule has 0 spiro atoms. The average Bonchev–Trinajstić information content (AvgIpc) is 2.38. The standard InChI is InChI=1S/C14H20FN3O.ClH/c15-13-6-2-1-4-11(13)8-17-14(19)10-18-7-3-5-12(16)9-18;/h1-2,4,6,12H,3,5,7-10,16H2,(H,17,19);1H. The first-order chi connectivity index (χ1) is 9.15. The third-order valence-electron chi connectivity index (χ3n) is 3.34. The summed E-state index contributed by atoms with van der Waals surface area (Å²) in [4.78, 5) is 13.8. The number of nitrogens with zero attached hydrogens (tertiary/aromatic N) is 1. The van der Waals surface area contributed by atoms with Crippen LogP contribution in [0.2, 0.25) is 0 Å². The summed E-state index contributed by atoms with van der Waals surface area (Å²) in [7, 11) is 0. The van der Waals surface area contributed by atoms with Crippen LogP contribution < -0.4 is 11.1 Å². The van der Waals surface area contributed by atoms with Gasteiger partial charge in [0, 0.05) is 24.7 Å². The number of benzene rings is 1. The van der Waals surface area contributed by atoms with Gasteiger partial charge in [0.25, 0.3) is 0 Å². The lowest BCUT2D eigenvalue weighted by molar-refractivity contribution is -0.122. The Morgan fingerprint density at radius 1 is 1.45 bits per heavy atom. The third kappa shape index (κ3) is 5.07. The molecule has 0 radical (unpaired) electrons. The minimum atomic E-state index is -0.289. The van der Waals surface area contributed by atoms with Crippen molar-refractivity contribution < 1.29 is 9.18 Å². The Labute approximate surface area is 124 Å². The molecule has 1 unspecified atom stereocenters. The maximum absolute atomic E-state index is 13.4. The van der Waals surface area contributed by atoms with Crippen molar-refractivity contribution in [2.24, 2.45) is 5.73 Å². The van der Waals surface area contributed by atoms with E-state index in [0.717, 1.165) is 25.9 Å². The van der Waals surface area contributed by atoms with Crippen LogP contribution in [0.15, 0.2) is 24.3 Å². The molecule has 20 heavy (non-hydrogen) atoms. The van der Waals surface area contributed by atoms with E-state index in [1.165, 1.54) is 6.07 Å². The van der Waals surface area contributed by atoms with Crippen LogP contribution in [-0.2, 0) is 11.3 Å². The second-order valence-electron chi connectivity index (χ2n) is 5.01. The topological polar surface area (TPSA) is 58.4 Å². The van der Waals surface area contributed by atoms with Gasteiger partial charge in [0.15, 0.2) is 0 Å². The van der Waals surface area contributed by atoms with Crippen LogP contribution in [0.1, 0.15) is 18.4 Å². The number of nitrogens with two attached hydrogens (primary N) is 1. The number of carbonyl (C=O) groups is 1. The van der Waals surface area contributed by atoms with Crippen LogP contribution in [0, 0.1) is 5.82 Å². The van der Waals surface area contributed by atoms with E-state index in [-0.39, 0.29) is 36.7 Å². The van der Waals surface area contributed by atoms with Crippen molar-refractivity contribution in [3.8, 4) is 0 Å². The lowest BCUT2D eigenvalue weighted by Gasteiger charge is -2.29. The van der Waals surface area contributed by atoms with Crippen molar-refractivity contribution in [1.29, 1.82) is 0 Å². The summed E-state index contributed by atoms with van der Waals surface area (Å²) < 4.78 is 13.4. The Balaban J connectivity index is 0.00000200. The number of hydrogen-bond acceptors (Lipinski definition) is 3. The van der Waals surface area contributed by atoms with Crippen LogP contribution in [0.25, 0.3) is 0 Å². The largest absolute Gasteiger partial charge is 0.351 e. The number of nitrogens with one attached hydrogen (secondary N) is 1. The third-order valence-corrected chi connectivity index (χ3v) is 3.34. The monoisotopic (exact) mass is 301 g/mol. The van der Waals surface area contributed by atoms with Crippen molar-refractivity contribution in [3.63, 3.8) is 0 Å². The number of piperidine rings is 1. The molecule has 1 atom stereocenters. The predicted octanol–water partition coefficient (Wildman–Crippen LogP) is 1.29. The predicted molar refractivity (Wildman–Crippen MR) is 79.1 cm³/mol. The first-order valence-corrected chi connectivity index (χ1v) is 6.63. The molecule has 3 N–H and O–H groups in total. The molecular weight excluding hydrogens is 281 g/mol. The van der Waals surface area contributed by atoms with Crippen LogP contribution in [-0.4, -0.2) is 36.5 Å². The normalized spacial score (nSPS) is 19.2. The highest BCUT2D eigenvalue weighted by molar-refractivity contribution is 5.85. The summed E-state index contributed by atoms with van der Waals surface area (Å²) in [5.41, 5.74) is 6.37. The molecular formula is C14H21ClFN3O. The van der Waals surface area contributed by atoms with Crippen LogP contribution in [0.5, 0.6) is 0 Å². The van der Waals surface area contributed by atoms with Gasteiger partial charge in [-0.2, -0.15) is 0 Å². The summed E-state index contributed by atoms with van der Waals surface area (Å²) in [6.07, 6.45) is 2.05. The molecule has 1 heterocycles. The highest BCUT2D eigenvalue weighted by Crippen LogP contribution is 2.08. The molecule has 4 nitrogen and oxygen atoms in total. The van der Waals surface area contributed by atoms with Crippen molar-refractivity contribution in [2.75, 3.05) is 19.6 Å². The van der Waals surface area contributed by atoms with Crippen LogP contribution >= 0.6 is 12.4 Å². The van der Waals surface area contributed by atoms with Crippen LogP contribution in [0.3, 0.4) is 0 Å². The SMILES string of the molecule is Cl.NC1CCCN(CC(=O)NCc2ccccc2F)C1. The van der Waals surface area contributed by atoms with Crippen molar-refractivity contribution >= 4 is 18.3 Å². The smallest absolute Gasteiger partial charge is 0.234 e. The zero-order valence-electron chi connectivity index (χ0n) is 11.3. The number of halogens is 2. The summed E-state index contributed by atoms with van der Waals surface area (Å²) in [5.74, 6) is -0.375. The Hall–Kier alpha value is -1.17. The zero-order chi connectivity index (χ0) is 13.7. The summed E-state index contributed by atoms with van der Waals surface area (Å²) in [6, 6.07) is 6.62. The first kappa shape index (κ1) is 16.9. The van der Waals surface area contributed by atoms with E-state index in [2.05, 4.69) is 5.32 Å². The van der Waals surface area contributed by atoms with Crippen molar-refractivity contribution in [3.05, 3.63) is 35.6 Å². The summed E-state index contributed by atoms with van der Waals surface area (Å²) in [5, 5.41) is 2.74. The van der Waals surface area contributed by atoms with Crippen molar-refractivity contribution in [2.45, 2.75) is 25.4 Å². The molecule has 1 fully saturated rings. The molecule has 1 aromatic carbocycles. The maximum atomic E-state index is 13.4. The molecule has 1 aliphatic rings. The second kappa shape index (κ2) is 8.19. The molecule has 1 aliphatic heterocycles. The van der Waals surface area contributed by atoms with Gasteiger partial charge in [-0.1, -0.05) is 18.2 Å². The van der Waals surface area contributed by atoms with Gasteiger partial charge in [-0.05, 0) is 25.5 Å². The summed E-state index contributed by atoms with van der Waals surface area (Å²) in [6.45, 7) is 2.22. The fourth-order valence-corrected chi connectivity index (χ4v) is 2.33. The highest BCUT2D eigenvalue weighted by Gasteiger charge is 2.18. The number of amides is 1. The molecule has 0 saturated carbocycles. The molecule has 0 aromatic heterocycles. The van der Waals surface area contributed by atoms with Gasteiger partial charge >= 0.3 is 0 Å². The number of rotatable bonds is 4. The first-order valence-electron chi connectivity index (χ1n) is 6.63. The van der Waals surface area contributed by atoms with Gasteiger partial charge in [0.2, 0.25) is 5.91 Å². The Morgan fingerprint density at radius 2 is 2.20 bits per heavy atom. The van der Waals surface area contributed by atoms with E-state index >= 15 is 0 Å². The fourth-order valence-electron chi connectivity index (χ4n) is 2.33. The Bertz CT molecular complexity index is 444. The molecule has 6 heteroatoms. The highest BCUT2D eigenvalue weighted by atomic mass is 35.5. The van der Waals surface area contributed by atoms with Gasteiger partial charge in [0.05, 0.1) is 6.54 Å². The van der Waals surface area contributed by atoms with Gasteiger partial charge in [0.1, 0.15) is 5.82 Å². The van der Waals surface area contributed by atoms with E-state index in [1.54, 1.807) is 18.2 Å². The molecule has 0 bridgehead atoms. The molecule has 2 rings (SSSR count). The van der Waals surface area contributed by atoms with Gasteiger partial charge < -0.3 is 11.1 Å². The van der Waals surface area contributed by atoms with Gasteiger partial charge in [-0.25, -0.2) is 4.39 Å². The lowest BCUT2D eigenvalue weighted by Crippen LogP contribution is -2.46. The van der Waals surface area contributed by atoms with E-state index < -0.39 is 0 Å². The van der Waals surface area contributed by atoms with E-state index in [9.17, 15) is 9.18 Å². The van der Waals surface area contributed by atoms with Crippen LogP contribution in [0.4, 0.5) is 4.39 Å². The van der Waals surface area contributed by atoms with E-state index in [1.807, 2.05) is 4.90 Å². The molecule has 1 saturated heterocycles. The van der Waals surface area contributed by atoms with Gasteiger partial charge in [-0.3, -0.25) is 9.69 Å². The molecule has 1 aromatic rings. The maximum Gasteiger partial charge on any atom is 0.234 e. The van der Waals surface area contributed by atoms with Gasteiger partial charge in [-0.15, -0.1) is 12.4 Å². The molecule has 112 valence electrons. The van der Waals surface area contributed by atoms with E-state index in [4.69, 9.17) is 5.73 Å². The lowest BCUT2D eigenvalue weighted by atomic mass is 10.1. The average molecular weight is 302 g/mol. The van der Waals surface area contributed by atoms with E-state index in [0.29, 0.717) is 12.1 Å². The number of carbonyl (C=O) groups excluding carboxylic acids is 1. The number of hydrogen-bond donors (Lipinski definition) is 2. The Morgan fingerprint density at radius 3 is 2.90 bits per heavy atom. The minimum absolute atomic E-state index is 0. The molecule has 1 amide bonds. The fraction of sp³-hybridized carbons (Fsp3) is 0.500. The van der Waals surface area contributed by atoms with Crippen molar-refractivity contribution in [1.82, 2.24) is 10.2 Å². The zero-order valence-corrected chi connectivity index (χ0v) is 12.2.